The molecule has 4 nitrogen and oxygen atoms in total. The van der Waals surface area contributed by atoms with Gasteiger partial charge in [0, 0.05) is 37.6 Å². The molecule has 1 aromatic carbocycles. The number of hydrogen-bond donors (Lipinski definition) is 1. The Morgan fingerprint density at radius 3 is 2.44 bits per heavy atom. The molecule has 1 aromatic heterocycles. The van der Waals surface area contributed by atoms with Crippen molar-refractivity contribution in [3.8, 4) is 11.4 Å². The molecule has 0 aliphatic carbocycles. The first-order valence-electron chi connectivity index (χ1n) is 5.00. The van der Waals surface area contributed by atoms with Crippen LogP contribution in [0.5, 0.6) is 0 Å². The molecule has 0 atom stereocenters. The summed E-state index contributed by atoms with van der Waals surface area (Å²) in [5.41, 5.74) is 1.65. The van der Waals surface area contributed by atoms with E-state index in [1.165, 1.54) is 0 Å². The number of imidazole rings is 1. The van der Waals surface area contributed by atoms with Gasteiger partial charge in [-0.05, 0) is 12.1 Å². The van der Waals surface area contributed by atoms with Gasteiger partial charge in [0.25, 0.3) is 5.91 Å². The van der Waals surface area contributed by atoms with E-state index < -0.39 is 0 Å². The Morgan fingerprint density at radius 2 is 1.94 bits per heavy atom. The number of H-pyrrole nitrogens is 1. The van der Waals surface area contributed by atoms with Crippen LogP contribution in [-0.4, -0.2) is 34.9 Å². The van der Waals surface area contributed by atoms with Crippen molar-refractivity contribution in [2.24, 2.45) is 0 Å². The smallest absolute Gasteiger partial charge is 0.253 e. The molecular formula is C12H13N3O. The molecule has 0 bridgehead atoms. The number of hydrogen-bond acceptors (Lipinski definition) is 2. The fraction of sp³-hybridized carbons (Fsp3) is 0.167. The van der Waals surface area contributed by atoms with Crippen LogP contribution in [0, 0.1) is 0 Å². The van der Waals surface area contributed by atoms with Crippen LogP contribution >= 0.6 is 0 Å². The Bertz CT molecular complexity index is 471. The summed E-state index contributed by atoms with van der Waals surface area (Å²) in [6.07, 6.45) is 3.47. The van der Waals surface area contributed by atoms with Gasteiger partial charge in [0.2, 0.25) is 0 Å². The monoisotopic (exact) mass is 215 g/mol. The van der Waals surface area contributed by atoms with Crippen LogP contribution in [0.15, 0.2) is 36.7 Å². The van der Waals surface area contributed by atoms with Gasteiger partial charge < -0.3 is 9.88 Å². The Labute approximate surface area is 93.9 Å². The molecule has 0 saturated carbocycles. The predicted octanol–water partition coefficient (Wildman–Crippen LogP) is 1.78. The molecule has 0 aliphatic heterocycles. The summed E-state index contributed by atoms with van der Waals surface area (Å²) in [6.45, 7) is 0. The Kier molecular flexibility index (Phi) is 2.72. The zero-order chi connectivity index (χ0) is 11.5. The largest absolute Gasteiger partial charge is 0.345 e. The minimum Gasteiger partial charge on any atom is -0.345 e. The van der Waals surface area contributed by atoms with E-state index >= 15 is 0 Å². The number of carbonyl (C=O) groups excluding carboxylic acids is 1. The molecule has 0 unspecified atom stereocenters. The lowest BCUT2D eigenvalue weighted by atomic mass is 10.1. The fourth-order valence-corrected chi connectivity index (χ4v) is 1.45. The van der Waals surface area contributed by atoms with Crippen molar-refractivity contribution in [3.05, 3.63) is 42.2 Å². The second-order valence-electron chi connectivity index (χ2n) is 3.71. The van der Waals surface area contributed by atoms with E-state index in [9.17, 15) is 4.79 Å². The standard InChI is InChI=1S/C12H13N3O/c1-15(2)12(16)10-5-3-9(4-6-10)11-13-7-8-14-11/h3-8H,1-2H3,(H,13,14). The average Bonchev–Trinajstić information content (AvgIpc) is 2.81. The molecule has 2 rings (SSSR count). The van der Waals surface area contributed by atoms with Gasteiger partial charge in [-0.2, -0.15) is 0 Å². The van der Waals surface area contributed by atoms with Crippen molar-refractivity contribution in [3.63, 3.8) is 0 Å². The maximum Gasteiger partial charge on any atom is 0.253 e. The van der Waals surface area contributed by atoms with Crippen molar-refractivity contribution < 1.29 is 4.79 Å². The molecular weight excluding hydrogens is 202 g/mol. The summed E-state index contributed by atoms with van der Waals surface area (Å²) < 4.78 is 0. The van der Waals surface area contributed by atoms with E-state index in [0.29, 0.717) is 5.56 Å². The second-order valence-corrected chi connectivity index (χ2v) is 3.71. The highest BCUT2D eigenvalue weighted by Gasteiger charge is 2.07. The van der Waals surface area contributed by atoms with Crippen LogP contribution in [0.3, 0.4) is 0 Å². The number of benzene rings is 1. The quantitative estimate of drug-likeness (QED) is 0.830. The molecule has 0 radical (unpaired) electrons. The maximum atomic E-state index is 11.6. The van der Waals surface area contributed by atoms with Crippen molar-refractivity contribution in [2.75, 3.05) is 14.1 Å². The Morgan fingerprint density at radius 1 is 1.25 bits per heavy atom. The van der Waals surface area contributed by atoms with Gasteiger partial charge in [0.15, 0.2) is 0 Å². The lowest BCUT2D eigenvalue weighted by Crippen LogP contribution is -2.21. The Balaban J connectivity index is 2.27. The third-order valence-electron chi connectivity index (χ3n) is 2.31. The first-order chi connectivity index (χ1) is 7.68. The van der Waals surface area contributed by atoms with Crippen molar-refractivity contribution in [2.45, 2.75) is 0 Å². The van der Waals surface area contributed by atoms with Gasteiger partial charge in [-0.1, -0.05) is 12.1 Å². The molecule has 1 amide bonds. The predicted molar refractivity (Wildman–Crippen MR) is 62.0 cm³/mol. The summed E-state index contributed by atoms with van der Waals surface area (Å²) >= 11 is 0. The minimum atomic E-state index is 0.00555. The van der Waals surface area contributed by atoms with Crippen LogP contribution in [0.1, 0.15) is 10.4 Å². The molecule has 1 heterocycles. The Hall–Kier alpha value is -2.10. The van der Waals surface area contributed by atoms with E-state index in [1.54, 1.807) is 43.5 Å². The highest BCUT2D eigenvalue weighted by atomic mass is 16.2. The van der Waals surface area contributed by atoms with Crippen molar-refractivity contribution in [1.29, 1.82) is 0 Å². The van der Waals surface area contributed by atoms with E-state index in [0.717, 1.165) is 11.4 Å². The van der Waals surface area contributed by atoms with Crippen LogP contribution in [-0.2, 0) is 0 Å². The zero-order valence-electron chi connectivity index (χ0n) is 9.27. The van der Waals surface area contributed by atoms with E-state index in [2.05, 4.69) is 9.97 Å². The second kappa shape index (κ2) is 4.18. The van der Waals surface area contributed by atoms with Crippen LogP contribution in [0.4, 0.5) is 0 Å². The molecule has 1 N–H and O–H groups in total. The maximum absolute atomic E-state index is 11.6. The van der Waals surface area contributed by atoms with E-state index in [4.69, 9.17) is 0 Å². The summed E-state index contributed by atoms with van der Waals surface area (Å²) in [5.74, 6) is 0.815. The molecule has 0 spiro atoms. The van der Waals surface area contributed by atoms with Gasteiger partial charge >= 0.3 is 0 Å². The zero-order valence-corrected chi connectivity index (χ0v) is 9.27. The first kappa shape index (κ1) is 10.4. The van der Waals surface area contributed by atoms with E-state index in [1.807, 2.05) is 12.1 Å². The van der Waals surface area contributed by atoms with Gasteiger partial charge in [0.1, 0.15) is 5.82 Å². The van der Waals surface area contributed by atoms with Crippen molar-refractivity contribution in [1.82, 2.24) is 14.9 Å². The molecule has 0 fully saturated rings. The molecule has 0 saturated heterocycles. The summed E-state index contributed by atoms with van der Waals surface area (Å²) in [5, 5.41) is 0. The fourth-order valence-electron chi connectivity index (χ4n) is 1.45. The number of nitrogens with zero attached hydrogens (tertiary/aromatic N) is 2. The number of aromatic nitrogens is 2. The number of aromatic amines is 1. The minimum absolute atomic E-state index is 0.00555. The van der Waals surface area contributed by atoms with Crippen LogP contribution in [0.25, 0.3) is 11.4 Å². The third-order valence-corrected chi connectivity index (χ3v) is 2.31. The number of carbonyl (C=O) groups is 1. The molecule has 82 valence electrons. The summed E-state index contributed by atoms with van der Waals surface area (Å²) in [7, 11) is 3.48. The highest BCUT2D eigenvalue weighted by molar-refractivity contribution is 5.94. The molecule has 2 aromatic rings. The van der Waals surface area contributed by atoms with Gasteiger partial charge in [-0.3, -0.25) is 4.79 Å². The summed E-state index contributed by atoms with van der Waals surface area (Å²) in [4.78, 5) is 20.4. The lowest BCUT2D eigenvalue weighted by Gasteiger charge is -2.10. The van der Waals surface area contributed by atoms with Crippen LogP contribution in [0.2, 0.25) is 0 Å². The lowest BCUT2D eigenvalue weighted by molar-refractivity contribution is 0.0827. The molecule has 0 aliphatic rings. The SMILES string of the molecule is CN(C)C(=O)c1ccc(-c2ncc[nH]2)cc1. The topological polar surface area (TPSA) is 49.0 Å². The van der Waals surface area contributed by atoms with Gasteiger partial charge in [-0.15, -0.1) is 0 Å². The highest BCUT2D eigenvalue weighted by Crippen LogP contribution is 2.15. The normalized spacial score (nSPS) is 10.1. The number of amides is 1. The van der Waals surface area contributed by atoms with Crippen LogP contribution < -0.4 is 0 Å². The summed E-state index contributed by atoms with van der Waals surface area (Å²) in [6, 6.07) is 7.38. The average molecular weight is 215 g/mol. The first-order valence-corrected chi connectivity index (χ1v) is 5.00. The molecule has 16 heavy (non-hydrogen) atoms. The van der Waals surface area contributed by atoms with Crippen molar-refractivity contribution >= 4 is 5.91 Å². The molecule has 4 heteroatoms. The third kappa shape index (κ3) is 1.95. The number of rotatable bonds is 2. The van der Waals surface area contributed by atoms with Gasteiger partial charge in [0.05, 0.1) is 0 Å². The van der Waals surface area contributed by atoms with E-state index in [-0.39, 0.29) is 5.91 Å². The van der Waals surface area contributed by atoms with Gasteiger partial charge in [-0.25, -0.2) is 4.98 Å². The number of nitrogens with one attached hydrogen (secondary N) is 1.